The number of benzene rings is 1. The number of carbonyl (C=O) groups excluding carboxylic acids is 1. The van der Waals surface area contributed by atoms with Gasteiger partial charge in [-0.3, -0.25) is 4.79 Å². The maximum absolute atomic E-state index is 12.4. The van der Waals surface area contributed by atoms with Crippen molar-refractivity contribution in [1.29, 1.82) is 0 Å². The highest BCUT2D eigenvalue weighted by atomic mass is 32.2. The second kappa shape index (κ2) is 5.54. The maximum atomic E-state index is 12.4. The number of hydrogen-bond acceptors (Lipinski definition) is 3. The Balaban J connectivity index is 2.13. The standard InChI is InChI=1S/C14H20N2O3S/c1-10-4-7-13(11(2)8-10)20(18,19)16(3)9-14(17)15-12-5-6-12/h4,7-8,12H,5-6,9H2,1-3H3,(H,15,17). The first kappa shape index (κ1) is 15.0. The van der Waals surface area contributed by atoms with Gasteiger partial charge in [-0.05, 0) is 38.3 Å². The topological polar surface area (TPSA) is 66.5 Å². The summed E-state index contributed by atoms with van der Waals surface area (Å²) in [5.41, 5.74) is 1.70. The zero-order valence-corrected chi connectivity index (χ0v) is 12.8. The van der Waals surface area contributed by atoms with Gasteiger partial charge >= 0.3 is 0 Å². The molecule has 0 aromatic heterocycles. The van der Waals surface area contributed by atoms with Crippen molar-refractivity contribution in [3.63, 3.8) is 0 Å². The largest absolute Gasteiger partial charge is 0.352 e. The number of nitrogens with zero attached hydrogens (tertiary/aromatic N) is 1. The number of aryl methyl sites for hydroxylation is 2. The first-order chi connectivity index (χ1) is 9.30. The third-order valence-corrected chi connectivity index (χ3v) is 5.29. The highest BCUT2D eigenvalue weighted by Crippen LogP contribution is 2.21. The third-order valence-electron chi connectivity index (χ3n) is 3.33. The lowest BCUT2D eigenvalue weighted by Crippen LogP contribution is -2.39. The molecule has 0 unspecified atom stereocenters. The molecule has 0 heterocycles. The van der Waals surface area contributed by atoms with E-state index in [1.54, 1.807) is 19.1 Å². The number of sulfonamides is 1. The van der Waals surface area contributed by atoms with Crippen LogP contribution in [0.2, 0.25) is 0 Å². The van der Waals surface area contributed by atoms with Crippen molar-refractivity contribution in [2.24, 2.45) is 0 Å². The van der Waals surface area contributed by atoms with Gasteiger partial charge in [-0.2, -0.15) is 4.31 Å². The van der Waals surface area contributed by atoms with Crippen LogP contribution < -0.4 is 5.32 Å². The average Bonchev–Trinajstić information content (AvgIpc) is 3.11. The van der Waals surface area contributed by atoms with Gasteiger partial charge in [-0.15, -0.1) is 0 Å². The monoisotopic (exact) mass is 296 g/mol. The Morgan fingerprint density at radius 1 is 1.35 bits per heavy atom. The molecule has 1 aromatic rings. The van der Waals surface area contributed by atoms with E-state index < -0.39 is 10.0 Å². The van der Waals surface area contributed by atoms with E-state index in [1.165, 1.54) is 7.05 Å². The number of rotatable bonds is 5. The molecule has 0 atom stereocenters. The number of likely N-dealkylation sites (N-methyl/N-ethyl adjacent to an activating group) is 1. The average molecular weight is 296 g/mol. The molecule has 1 saturated carbocycles. The molecule has 0 bridgehead atoms. The van der Waals surface area contributed by atoms with Gasteiger partial charge in [0.05, 0.1) is 11.4 Å². The Morgan fingerprint density at radius 2 is 2.00 bits per heavy atom. The highest BCUT2D eigenvalue weighted by Gasteiger charge is 2.27. The number of nitrogens with one attached hydrogen (secondary N) is 1. The third kappa shape index (κ3) is 3.37. The van der Waals surface area contributed by atoms with Gasteiger partial charge in [0.2, 0.25) is 15.9 Å². The molecule has 1 fully saturated rings. The van der Waals surface area contributed by atoms with Crippen LogP contribution >= 0.6 is 0 Å². The molecule has 6 heteroatoms. The second-order valence-corrected chi connectivity index (χ2v) is 7.39. The number of hydrogen-bond donors (Lipinski definition) is 1. The summed E-state index contributed by atoms with van der Waals surface area (Å²) in [6.45, 7) is 3.53. The molecule has 0 saturated heterocycles. The minimum atomic E-state index is -3.62. The van der Waals surface area contributed by atoms with Gasteiger partial charge in [0, 0.05) is 13.1 Å². The van der Waals surface area contributed by atoms with E-state index in [2.05, 4.69) is 5.32 Å². The van der Waals surface area contributed by atoms with Gasteiger partial charge in [-0.25, -0.2) is 8.42 Å². The Hall–Kier alpha value is -1.40. The minimum Gasteiger partial charge on any atom is -0.352 e. The smallest absolute Gasteiger partial charge is 0.243 e. The maximum Gasteiger partial charge on any atom is 0.243 e. The van der Waals surface area contributed by atoms with Crippen molar-refractivity contribution in [3.8, 4) is 0 Å². The minimum absolute atomic E-state index is 0.147. The van der Waals surface area contributed by atoms with E-state index in [-0.39, 0.29) is 23.4 Å². The summed E-state index contributed by atoms with van der Waals surface area (Å²) < 4.78 is 26.0. The van der Waals surface area contributed by atoms with Crippen LogP contribution in [0.15, 0.2) is 23.1 Å². The van der Waals surface area contributed by atoms with Crippen molar-refractivity contribution in [2.45, 2.75) is 37.6 Å². The lowest BCUT2D eigenvalue weighted by atomic mass is 10.2. The molecule has 1 N–H and O–H groups in total. The fourth-order valence-corrected chi connectivity index (χ4v) is 3.37. The lowest BCUT2D eigenvalue weighted by Gasteiger charge is -2.18. The summed E-state index contributed by atoms with van der Waals surface area (Å²) in [6.07, 6.45) is 1.97. The zero-order chi connectivity index (χ0) is 14.9. The van der Waals surface area contributed by atoms with E-state index in [1.807, 2.05) is 13.0 Å². The molecule has 1 aromatic carbocycles. The zero-order valence-electron chi connectivity index (χ0n) is 12.0. The van der Waals surface area contributed by atoms with Crippen LogP contribution in [0.3, 0.4) is 0 Å². The molecule has 2 rings (SSSR count). The van der Waals surface area contributed by atoms with Gasteiger partial charge < -0.3 is 5.32 Å². The van der Waals surface area contributed by atoms with Crippen LogP contribution in [-0.4, -0.2) is 38.3 Å². The van der Waals surface area contributed by atoms with Gasteiger partial charge in [0.15, 0.2) is 0 Å². The SMILES string of the molecule is Cc1ccc(S(=O)(=O)N(C)CC(=O)NC2CC2)c(C)c1. The van der Waals surface area contributed by atoms with Crippen LogP contribution in [0, 0.1) is 13.8 Å². The molecule has 1 amide bonds. The van der Waals surface area contributed by atoms with Crippen molar-refractivity contribution >= 4 is 15.9 Å². The number of amides is 1. The van der Waals surface area contributed by atoms with Gasteiger partial charge in [-0.1, -0.05) is 17.7 Å². The summed E-state index contributed by atoms with van der Waals surface area (Å²) in [7, 11) is -2.19. The van der Waals surface area contributed by atoms with Gasteiger partial charge in [0.1, 0.15) is 0 Å². The van der Waals surface area contributed by atoms with Crippen LogP contribution in [0.5, 0.6) is 0 Å². The molecule has 1 aliphatic carbocycles. The van der Waals surface area contributed by atoms with Gasteiger partial charge in [0.25, 0.3) is 0 Å². The molecule has 110 valence electrons. The fraction of sp³-hybridized carbons (Fsp3) is 0.500. The quantitative estimate of drug-likeness (QED) is 0.888. The Morgan fingerprint density at radius 3 is 2.55 bits per heavy atom. The van der Waals surface area contributed by atoms with Crippen LogP contribution in [0.25, 0.3) is 0 Å². The normalized spacial score (nSPS) is 15.4. The van der Waals surface area contributed by atoms with E-state index in [4.69, 9.17) is 0 Å². The summed E-state index contributed by atoms with van der Waals surface area (Å²) in [5, 5.41) is 2.79. The van der Waals surface area contributed by atoms with Crippen molar-refractivity contribution in [2.75, 3.05) is 13.6 Å². The summed E-state index contributed by atoms with van der Waals surface area (Å²) in [6, 6.07) is 5.41. The molecule has 0 radical (unpaired) electrons. The second-order valence-electron chi connectivity index (χ2n) is 5.37. The van der Waals surface area contributed by atoms with E-state index in [0.29, 0.717) is 5.56 Å². The van der Waals surface area contributed by atoms with E-state index in [0.717, 1.165) is 22.7 Å². The first-order valence-electron chi connectivity index (χ1n) is 6.63. The molecule has 5 nitrogen and oxygen atoms in total. The molecular formula is C14H20N2O3S. The Labute approximate surface area is 120 Å². The fourth-order valence-electron chi connectivity index (χ4n) is 2.04. The predicted molar refractivity (Wildman–Crippen MR) is 76.9 cm³/mol. The molecule has 0 aliphatic heterocycles. The first-order valence-corrected chi connectivity index (χ1v) is 8.07. The Kier molecular flexibility index (Phi) is 4.15. The Bertz CT molecular complexity index is 621. The predicted octanol–water partition coefficient (Wildman–Crippen LogP) is 1.20. The summed E-state index contributed by atoms with van der Waals surface area (Å²) in [4.78, 5) is 12.0. The summed E-state index contributed by atoms with van der Waals surface area (Å²) in [5.74, 6) is -0.247. The number of carbonyl (C=O) groups is 1. The molecule has 0 spiro atoms. The molecule has 20 heavy (non-hydrogen) atoms. The van der Waals surface area contributed by atoms with E-state index >= 15 is 0 Å². The lowest BCUT2D eigenvalue weighted by molar-refractivity contribution is -0.121. The van der Waals surface area contributed by atoms with Crippen LogP contribution in [0.1, 0.15) is 24.0 Å². The van der Waals surface area contributed by atoms with Crippen molar-refractivity contribution in [1.82, 2.24) is 9.62 Å². The van der Waals surface area contributed by atoms with Crippen molar-refractivity contribution < 1.29 is 13.2 Å². The molecular weight excluding hydrogens is 276 g/mol. The van der Waals surface area contributed by atoms with E-state index in [9.17, 15) is 13.2 Å². The summed E-state index contributed by atoms with van der Waals surface area (Å²) >= 11 is 0. The highest BCUT2D eigenvalue weighted by molar-refractivity contribution is 7.89. The van der Waals surface area contributed by atoms with Crippen molar-refractivity contribution in [3.05, 3.63) is 29.3 Å². The van der Waals surface area contributed by atoms with Crippen LogP contribution in [-0.2, 0) is 14.8 Å². The molecule has 1 aliphatic rings. The van der Waals surface area contributed by atoms with Crippen LogP contribution in [0.4, 0.5) is 0 Å².